The maximum atomic E-state index is 13.6. The van der Waals surface area contributed by atoms with Gasteiger partial charge in [-0.2, -0.15) is 5.10 Å². The predicted octanol–water partition coefficient (Wildman–Crippen LogP) is 5.97. The number of aryl methyl sites for hydroxylation is 2. The van der Waals surface area contributed by atoms with E-state index < -0.39 is 22.5 Å². The molecule has 0 aliphatic heterocycles. The normalized spacial score (nSPS) is 11.3. The zero-order valence-electron chi connectivity index (χ0n) is 23.3. The number of carbonyl (C=O) groups excluding carboxylic acids is 2. The molecule has 0 atom stereocenters. The van der Waals surface area contributed by atoms with E-state index in [0.717, 1.165) is 9.87 Å². The van der Waals surface area contributed by atoms with E-state index in [9.17, 15) is 18.0 Å². The topological polar surface area (TPSA) is 117 Å². The first-order chi connectivity index (χ1) is 20.5. The lowest BCUT2D eigenvalue weighted by molar-refractivity contribution is -0.119. The number of carbonyl (C=O) groups is 2. The highest BCUT2D eigenvalue weighted by molar-refractivity contribution is 7.92. The minimum atomic E-state index is -4.09. The van der Waals surface area contributed by atoms with Gasteiger partial charge in [0.25, 0.3) is 21.8 Å². The zero-order chi connectivity index (χ0) is 31.0. The largest absolute Gasteiger partial charge is 0.484 e. The molecule has 2 N–H and O–H groups in total. The molecule has 0 heterocycles. The molecule has 4 aromatic rings. The molecular formula is C31H28Cl2N4O5S. The standard InChI is InChI=1S/C31H28Cl2N4O5S/c1-21-6-13-28(14-7-21)43(40,41)37(29-15-10-25(33)16-22(29)2)19-30(38)36-34-18-23-8-11-27(12-9-23)42-20-31(39)35-26-5-3-4-24(32)17-26/h3-18H,19-20H2,1-2H3,(H,35,39)(H,36,38)/b34-18-. The Labute approximate surface area is 260 Å². The number of anilines is 2. The van der Waals surface area contributed by atoms with Crippen molar-refractivity contribution in [1.82, 2.24) is 5.43 Å². The smallest absolute Gasteiger partial charge is 0.264 e. The van der Waals surface area contributed by atoms with Crippen LogP contribution in [0, 0.1) is 13.8 Å². The molecule has 0 spiro atoms. The van der Waals surface area contributed by atoms with Crippen LogP contribution in [-0.4, -0.2) is 39.6 Å². The van der Waals surface area contributed by atoms with Crippen LogP contribution < -0.4 is 19.8 Å². The molecule has 0 bridgehead atoms. The first kappa shape index (κ1) is 31.6. The summed E-state index contributed by atoms with van der Waals surface area (Å²) in [6.07, 6.45) is 1.40. The van der Waals surface area contributed by atoms with Crippen LogP contribution in [0.2, 0.25) is 10.0 Å². The molecule has 0 saturated carbocycles. The van der Waals surface area contributed by atoms with Crippen molar-refractivity contribution in [2.45, 2.75) is 18.7 Å². The molecule has 43 heavy (non-hydrogen) atoms. The van der Waals surface area contributed by atoms with Crippen molar-refractivity contribution < 1.29 is 22.7 Å². The first-order valence-corrected chi connectivity index (χ1v) is 15.2. The number of hydrogen-bond donors (Lipinski definition) is 2. The second kappa shape index (κ2) is 14.2. The van der Waals surface area contributed by atoms with Crippen molar-refractivity contribution in [2.75, 3.05) is 22.8 Å². The summed E-state index contributed by atoms with van der Waals surface area (Å²) in [5, 5.41) is 7.61. The van der Waals surface area contributed by atoms with Crippen LogP contribution in [0.25, 0.3) is 0 Å². The van der Waals surface area contributed by atoms with E-state index in [-0.39, 0.29) is 17.4 Å². The van der Waals surface area contributed by atoms with E-state index in [2.05, 4.69) is 15.8 Å². The van der Waals surface area contributed by atoms with Gasteiger partial charge in [-0.05, 0) is 97.8 Å². The van der Waals surface area contributed by atoms with Gasteiger partial charge >= 0.3 is 0 Å². The summed E-state index contributed by atoms with van der Waals surface area (Å²) in [7, 11) is -4.09. The van der Waals surface area contributed by atoms with Gasteiger partial charge in [0.05, 0.1) is 16.8 Å². The molecule has 0 fully saturated rings. The van der Waals surface area contributed by atoms with E-state index in [1.54, 1.807) is 85.8 Å². The molecule has 0 saturated heterocycles. The van der Waals surface area contributed by atoms with Crippen LogP contribution in [0.5, 0.6) is 5.75 Å². The summed E-state index contributed by atoms with van der Waals surface area (Å²) >= 11 is 12.0. The molecule has 4 aromatic carbocycles. The van der Waals surface area contributed by atoms with Crippen molar-refractivity contribution in [3.05, 3.63) is 118 Å². The number of nitrogens with one attached hydrogen (secondary N) is 2. The van der Waals surface area contributed by atoms with Crippen LogP contribution in [-0.2, 0) is 19.6 Å². The highest BCUT2D eigenvalue weighted by Gasteiger charge is 2.28. The fraction of sp³-hybridized carbons (Fsp3) is 0.129. The average molecular weight is 640 g/mol. The fourth-order valence-electron chi connectivity index (χ4n) is 3.94. The number of sulfonamides is 1. The van der Waals surface area contributed by atoms with Crippen molar-refractivity contribution in [1.29, 1.82) is 0 Å². The molecule has 9 nitrogen and oxygen atoms in total. The Morgan fingerprint density at radius 1 is 0.884 bits per heavy atom. The molecule has 0 unspecified atom stereocenters. The summed E-state index contributed by atoms with van der Waals surface area (Å²) in [5.41, 5.74) is 5.39. The first-order valence-electron chi connectivity index (χ1n) is 13.0. The molecule has 222 valence electrons. The van der Waals surface area contributed by atoms with Crippen molar-refractivity contribution in [3.63, 3.8) is 0 Å². The highest BCUT2D eigenvalue weighted by Crippen LogP contribution is 2.29. The lowest BCUT2D eigenvalue weighted by atomic mass is 10.2. The summed E-state index contributed by atoms with van der Waals surface area (Å²) in [4.78, 5) is 25.0. The third-order valence-corrected chi connectivity index (χ3v) is 8.33. The van der Waals surface area contributed by atoms with Gasteiger partial charge in [-0.3, -0.25) is 13.9 Å². The summed E-state index contributed by atoms with van der Waals surface area (Å²) < 4.78 is 33.7. The number of rotatable bonds is 11. The van der Waals surface area contributed by atoms with E-state index in [1.165, 1.54) is 18.3 Å². The molecule has 0 aliphatic rings. The van der Waals surface area contributed by atoms with Gasteiger partial charge in [-0.1, -0.05) is 47.0 Å². The van der Waals surface area contributed by atoms with Gasteiger partial charge in [0.1, 0.15) is 12.3 Å². The summed E-state index contributed by atoms with van der Waals surface area (Å²) in [5.74, 6) is -0.535. The van der Waals surface area contributed by atoms with Gasteiger partial charge < -0.3 is 10.1 Å². The van der Waals surface area contributed by atoms with Gasteiger partial charge in [-0.15, -0.1) is 0 Å². The van der Waals surface area contributed by atoms with Crippen molar-refractivity contribution in [2.24, 2.45) is 5.10 Å². The third kappa shape index (κ3) is 8.81. The van der Waals surface area contributed by atoms with Crippen LogP contribution in [0.15, 0.2) is 101 Å². The quantitative estimate of drug-likeness (QED) is 0.155. The van der Waals surface area contributed by atoms with Gasteiger partial charge in [0, 0.05) is 15.7 Å². The number of hydrazone groups is 1. The Morgan fingerprint density at radius 3 is 2.26 bits per heavy atom. The predicted molar refractivity (Wildman–Crippen MR) is 170 cm³/mol. The van der Waals surface area contributed by atoms with Crippen LogP contribution in [0.4, 0.5) is 11.4 Å². The molecule has 4 rings (SSSR count). The van der Waals surface area contributed by atoms with Crippen molar-refractivity contribution >= 4 is 62.6 Å². The lowest BCUT2D eigenvalue weighted by Crippen LogP contribution is -2.40. The lowest BCUT2D eigenvalue weighted by Gasteiger charge is -2.25. The Balaban J connectivity index is 1.37. The van der Waals surface area contributed by atoms with E-state index in [4.69, 9.17) is 27.9 Å². The molecule has 2 amide bonds. The van der Waals surface area contributed by atoms with E-state index >= 15 is 0 Å². The molecule has 0 radical (unpaired) electrons. The minimum absolute atomic E-state index is 0.0491. The Kier molecular flexibility index (Phi) is 10.4. The van der Waals surface area contributed by atoms with Crippen LogP contribution >= 0.6 is 23.2 Å². The van der Waals surface area contributed by atoms with Crippen LogP contribution in [0.3, 0.4) is 0 Å². The average Bonchev–Trinajstić information content (AvgIpc) is 2.96. The Hall–Kier alpha value is -4.38. The number of halogens is 2. The minimum Gasteiger partial charge on any atom is -0.484 e. The molecule has 0 aliphatic carbocycles. The van der Waals surface area contributed by atoms with Gasteiger partial charge in [0.2, 0.25) is 0 Å². The Morgan fingerprint density at radius 2 is 1.58 bits per heavy atom. The number of ether oxygens (including phenoxy) is 1. The summed E-state index contributed by atoms with van der Waals surface area (Å²) in [6, 6.07) is 24.6. The van der Waals surface area contributed by atoms with Gasteiger partial charge in [-0.25, -0.2) is 13.8 Å². The third-order valence-electron chi connectivity index (χ3n) is 6.09. The molecule has 0 aromatic heterocycles. The number of amides is 2. The fourth-order valence-corrected chi connectivity index (χ4v) is 5.85. The zero-order valence-corrected chi connectivity index (χ0v) is 25.6. The maximum absolute atomic E-state index is 13.6. The number of hydrogen-bond acceptors (Lipinski definition) is 6. The number of benzene rings is 4. The second-order valence-electron chi connectivity index (χ2n) is 9.46. The maximum Gasteiger partial charge on any atom is 0.264 e. The SMILES string of the molecule is Cc1ccc(S(=O)(=O)N(CC(=O)N/N=C\c2ccc(OCC(=O)Nc3cccc(Cl)c3)cc2)c2ccc(Cl)cc2C)cc1. The van der Waals surface area contributed by atoms with E-state index in [0.29, 0.717) is 38.3 Å². The monoisotopic (exact) mass is 638 g/mol. The van der Waals surface area contributed by atoms with Gasteiger partial charge in [0.15, 0.2) is 6.61 Å². The Bertz CT molecular complexity index is 1750. The highest BCUT2D eigenvalue weighted by atomic mass is 35.5. The number of nitrogens with zero attached hydrogens (tertiary/aromatic N) is 2. The summed E-state index contributed by atoms with van der Waals surface area (Å²) in [6.45, 7) is 2.85. The van der Waals surface area contributed by atoms with E-state index in [1.807, 2.05) is 6.92 Å². The molecule has 12 heteroatoms. The molecular weight excluding hydrogens is 611 g/mol. The van der Waals surface area contributed by atoms with Crippen LogP contribution in [0.1, 0.15) is 16.7 Å². The second-order valence-corrected chi connectivity index (χ2v) is 12.2. The van der Waals surface area contributed by atoms with Crippen molar-refractivity contribution in [3.8, 4) is 5.75 Å².